The zero-order valence-electron chi connectivity index (χ0n) is 27.0. The number of rotatable bonds is 0. The SMILES string of the molecule is C.C.C.CC(C)(C)c1ccc2c(c1)COC2.CC(C)(C)c1ccc2c(c1)OCCCO2.CC(C)(C)c1scc2c1CCCC2. The molecule has 6 rings (SSSR count). The van der Waals surface area contributed by atoms with E-state index in [2.05, 4.69) is 98.0 Å². The third kappa shape index (κ3) is 10.4. The predicted molar refractivity (Wildman–Crippen MR) is 194 cm³/mol. The second-order valence-corrected chi connectivity index (χ2v) is 15.6. The predicted octanol–water partition coefficient (Wildman–Crippen LogP) is 12.0. The Balaban J connectivity index is 0.000000320. The first-order valence-corrected chi connectivity index (χ1v) is 16.3. The number of benzene rings is 2. The van der Waals surface area contributed by atoms with Crippen LogP contribution in [0.25, 0.3) is 0 Å². The summed E-state index contributed by atoms with van der Waals surface area (Å²) in [6, 6.07) is 12.9. The van der Waals surface area contributed by atoms with Crippen molar-refractivity contribution in [3.63, 3.8) is 0 Å². The fourth-order valence-electron chi connectivity index (χ4n) is 5.42. The van der Waals surface area contributed by atoms with Gasteiger partial charge in [-0.05, 0) is 92.8 Å². The van der Waals surface area contributed by atoms with E-state index in [1.807, 2.05) is 17.4 Å². The third-order valence-corrected chi connectivity index (χ3v) is 9.48. The number of thiophene rings is 1. The van der Waals surface area contributed by atoms with Crippen molar-refractivity contribution < 1.29 is 14.2 Å². The molecule has 2 aromatic carbocycles. The molecule has 3 aromatic rings. The van der Waals surface area contributed by atoms with Crippen LogP contribution in [0.1, 0.15) is 142 Å². The molecule has 3 aliphatic rings. The zero-order chi connectivity index (χ0) is 29.8. The van der Waals surface area contributed by atoms with Crippen LogP contribution in [0.2, 0.25) is 0 Å². The molecule has 3 heterocycles. The molecule has 3 nitrogen and oxygen atoms in total. The lowest BCUT2D eigenvalue weighted by atomic mass is 9.85. The quantitative estimate of drug-likeness (QED) is 0.249. The second kappa shape index (κ2) is 16.3. The maximum atomic E-state index is 5.66. The Morgan fingerprint density at radius 1 is 0.568 bits per heavy atom. The Bertz CT molecular complexity index is 1300. The standard InChI is InChI=1S/C13H18O2.C12H16O.C12H18S.3CH4/c1-13(2,3)10-5-6-11-12(9-10)15-8-4-7-14-11;1-12(2,3)11-5-4-9-7-13-8-10(9)6-11;1-12(2,3)11-10-7-5-4-6-9(10)8-13-11;;;/h5-6,9H,4,7-8H2,1-3H3;4-6H,7-8H2,1-3H3;8H,4-7H2,1-3H3;3*1H4. The average Bonchev–Trinajstić information content (AvgIpc) is 3.49. The first-order chi connectivity index (χ1) is 19.2. The fraction of sp³-hybridized carbons (Fsp3) is 0.600. The van der Waals surface area contributed by atoms with Crippen LogP contribution >= 0.6 is 11.3 Å². The summed E-state index contributed by atoms with van der Waals surface area (Å²) in [5.41, 5.74) is 9.49. The Kier molecular flexibility index (Phi) is 14.7. The van der Waals surface area contributed by atoms with Gasteiger partial charge in [-0.25, -0.2) is 0 Å². The summed E-state index contributed by atoms with van der Waals surface area (Å²) in [5.74, 6) is 1.76. The lowest BCUT2D eigenvalue weighted by Crippen LogP contribution is -2.13. The van der Waals surface area contributed by atoms with Gasteiger partial charge in [-0.15, -0.1) is 11.3 Å². The Morgan fingerprint density at radius 3 is 1.77 bits per heavy atom. The summed E-state index contributed by atoms with van der Waals surface area (Å²) in [4.78, 5) is 1.63. The van der Waals surface area contributed by atoms with Gasteiger partial charge in [-0.3, -0.25) is 0 Å². The van der Waals surface area contributed by atoms with Crippen molar-refractivity contribution in [2.75, 3.05) is 13.2 Å². The minimum atomic E-state index is 0. The van der Waals surface area contributed by atoms with Gasteiger partial charge in [0.05, 0.1) is 26.4 Å². The van der Waals surface area contributed by atoms with Gasteiger partial charge in [-0.1, -0.05) is 109 Å². The van der Waals surface area contributed by atoms with E-state index in [4.69, 9.17) is 14.2 Å². The molecule has 248 valence electrons. The number of hydrogen-bond acceptors (Lipinski definition) is 4. The largest absolute Gasteiger partial charge is 0.490 e. The molecule has 4 heteroatoms. The highest BCUT2D eigenvalue weighted by atomic mass is 32.1. The van der Waals surface area contributed by atoms with Crippen molar-refractivity contribution in [2.24, 2.45) is 0 Å². The number of ether oxygens (including phenoxy) is 3. The lowest BCUT2D eigenvalue weighted by molar-refractivity contribution is 0.134. The highest BCUT2D eigenvalue weighted by molar-refractivity contribution is 7.10. The Labute approximate surface area is 275 Å². The van der Waals surface area contributed by atoms with Crippen molar-refractivity contribution in [2.45, 2.75) is 146 Å². The summed E-state index contributed by atoms with van der Waals surface area (Å²) in [7, 11) is 0. The molecular weight excluding hydrogens is 561 g/mol. The second-order valence-electron chi connectivity index (χ2n) is 14.7. The van der Waals surface area contributed by atoms with Crippen LogP contribution in [0.5, 0.6) is 11.5 Å². The molecule has 0 saturated heterocycles. The van der Waals surface area contributed by atoms with Gasteiger partial charge in [-0.2, -0.15) is 0 Å². The van der Waals surface area contributed by atoms with E-state index in [0.29, 0.717) is 5.41 Å². The molecule has 1 aromatic heterocycles. The van der Waals surface area contributed by atoms with E-state index in [0.717, 1.165) is 44.3 Å². The topological polar surface area (TPSA) is 27.7 Å². The van der Waals surface area contributed by atoms with Gasteiger partial charge < -0.3 is 14.2 Å². The molecular formula is C40H64O3S. The minimum absolute atomic E-state index is 0. The van der Waals surface area contributed by atoms with E-state index in [9.17, 15) is 0 Å². The number of hydrogen-bond donors (Lipinski definition) is 0. The first kappa shape index (κ1) is 39.7. The molecule has 0 atom stereocenters. The summed E-state index contributed by atoms with van der Waals surface area (Å²) in [6.07, 6.45) is 6.40. The zero-order valence-corrected chi connectivity index (χ0v) is 27.9. The number of fused-ring (bicyclic) bond motifs is 3. The molecule has 1 aliphatic carbocycles. The van der Waals surface area contributed by atoms with E-state index < -0.39 is 0 Å². The van der Waals surface area contributed by atoms with Crippen LogP contribution in [0.15, 0.2) is 41.8 Å². The van der Waals surface area contributed by atoms with Crippen LogP contribution in [0.4, 0.5) is 0 Å². The Morgan fingerprint density at radius 2 is 1.14 bits per heavy atom. The van der Waals surface area contributed by atoms with E-state index in [1.165, 1.54) is 47.9 Å². The molecule has 0 saturated carbocycles. The van der Waals surface area contributed by atoms with Gasteiger partial charge >= 0.3 is 0 Å². The molecule has 0 amide bonds. The highest BCUT2D eigenvalue weighted by Crippen LogP contribution is 2.37. The molecule has 0 fully saturated rings. The minimum Gasteiger partial charge on any atom is -0.490 e. The van der Waals surface area contributed by atoms with E-state index in [1.54, 1.807) is 16.0 Å². The van der Waals surface area contributed by atoms with Gasteiger partial charge in [0.1, 0.15) is 0 Å². The first-order valence-electron chi connectivity index (χ1n) is 15.4. The van der Waals surface area contributed by atoms with Crippen molar-refractivity contribution in [1.29, 1.82) is 0 Å². The summed E-state index contributed by atoms with van der Waals surface area (Å²) in [6.45, 7) is 23.4. The molecule has 0 unspecified atom stereocenters. The van der Waals surface area contributed by atoms with Gasteiger partial charge in [0.25, 0.3) is 0 Å². The summed E-state index contributed by atoms with van der Waals surface area (Å²) >= 11 is 1.97. The third-order valence-electron chi connectivity index (χ3n) is 7.99. The van der Waals surface area contributed by atoms with Crippen molar-refractivity contribution >= 4 is 11.3 Å². The van der Waals surface area contributed by atoms with Crippen LogP contribution in [-0.4, -0.2) is 13.2 Å². The van der Waals surface area contributed by atoms with Gasteiger partial charge in [0, 0.05) is 11.3 Å². The maximum Gasteiger partial charge on any atom is 0.161 e. The summed E-state index contributed by atoms with van der Waals surface area (Å²) in [5, 5.41) is 2.38. The van der Waals surface area contributed by atoms with Gasteiger partial charge in [0.2, 0.25) is 0 Å². The fourth-order valence-corrected chi connectivity index (χ4v) is 6.67. The molecule has 0 spiro atoms. The molecule has 0 radical (unpaired) electrons. The van der Waals surface area contributed by atoms with Crippen LogP contribution in [-0.2, 0) is 47.0 Å². The maximum absolute atomic E-state index is 5.66. The smallest absolute Gasteiger partial charge is 0.161 e. The summed E-state index contributed by atoms with van der Waals surface area (Å²) < 4.78 is 16.6. The normalized spacial score (nSPS) is 15.2. The lowest BCUT2D eigenvalue weighted by Gasteiger charge is -2.21. The molecule has 2 aliphatic heterocycles. The van der Waals surface area contributed by atoms with Crippen molar-refractivity contribution in [3.05, 3.63) is 80.0 Å². The van der Waals surface area contributed by atoms with Crippen LogP contribution < -0.4 is 9.47 Å². The van der Waals surface area contributed by atoms with Gasteiger partial charge in [0.15, 0.2) is 11.5 Å². The molecule has 0 bridgehead atoms. The highest BCUT2D eigenvalue weighted by Gasteiger charge is 2.24. The van der Waals surface area contributed by atoms with Crippen LogP contribution in [0.3, 0.4) is 0 Å². The number of aryl methyl sites for hydroxylation is 1. The van der Waals surface area contributed by atoms with Crippen LogP contribution in [0, 0.1) is 0 Å². The van der Waals surface area contributed by atoms with E-state index >= 15 is 0 Å². The molecule has 0 N–H and O–H groups in total. The van der Waals surface area contributed by atoms with Crippen molar-refractivity contribution in [1.82, 2.24) is 0 Å². The Hall–Kier alpha value is -2.30. The van der Waals surface area contributed by atoms with E-state index in [-0.39, 0.29) is 33.1 Å². The average molecular weight is 625 g/mol. The van der Waals surface area contributed by atoms with Crippen molar-refractivity contribution in [3.8, 4) is 11.5 Å². The monoisotopic (exact) mass is 624 g/mol. The molecule has 44 heavy (non-hydrogen) atoms.